The average Bonchev–Trinajstić information content (AvgIpc) is 2.60. The number of nitroso groups, excluding NO2 is 1. The molecular formula is C17H17F3N4O. The highest BCUT2D eigenvalue weighted by Gasteiger charge is 2.55. The second-order valence-corrected chi connectivity index (χ2v) is 6.36. The van der Waals surface area contributed by atoms with Crippen molar-refractivity contribution in [3.63, 3.8) is 0 Å². The first-order chi connectivity index (χ1) is 11.8. The predicted molar refractivity (Wildman–Crippen MR) is 88.3 cm³/mol. The van der Waals surface area contributed by atoms with Crippen LogP contribution >= 0.6 is 0 Å². The fourth-order valence-electron chi connectivity index (χ4n) is 2.93. The van der Waals surface area contributed by atoms with Crippen LogP contribution in [0.25, 0.3) is 11.1 Å². The number of hydrogen-bond donors (Lipinski definition) is 0. The lowest BCUT2D eigenvalue weighted by atomic mass is 9.91. The molecule has 2 aromatic rings. The highest BCUT2D eigenvalue weighted by atomic mass is 19.4. The van der Waals surface area contributed by atoms with Crippen LogP contribution in [0.1, 0.15) is 24.5 Å². The van der Waals surface area contributed by atoms with E-state index in [1.165, 1.54) is 12.3 Å². The molecule has 1 unspecified atom stereocenters. The van der Waals surface area contributed by atoms with Gasteiger partial charge in [0.15, 0.2) is 0 Å². The number of aryl methyl sites for hydroxylation is 1. The molecule has 0 saturated heterocycles. The molecule has 0 aliphatic carbocycles. The van der Waals surface area contributed by atoms with Crippen molar-refractivity contribution in [1.82, 2.24) is 9.97 Å². The van der Waals surface area contributed by atoms with E-state index in [0.717, 1.165) is 43.9 Å². The van der Waals surface area contributed by atoms with Crippen LogP contribution in [0.3, 0.4) is 0 Å². The molecule has 0 amide bonds. The molecule has 1 atom stereocenters. The first kappa shape index (κ1) is 17.3. The summed E-state index contributed by atoms with van der Waals surface area (Å²) in [6, 6.07) is 3.22. The van der Waals surface area contributed by atoms with Gasteiger partial charge >= 0.3 is 6.18 Å². The second kappa shape index (κ2) is 6.09. The Morgan fingerprint density at radius 1 is 1.16 bits per heavy atom. The third-order valence-electron chi connectivity index (χ3n) is 4.61. The molecule has 2 aromatic heterocycles. The van der Waals surface area contributed by atoms with Gasteiger partial charge in [-0.25, -0.2) is 4.98 Å². The van der Waals surface area contributed by atoms with Crippen molar-refractivity contribution >= 4 is 5.82 Å². The van der Waals surface area contributed by atoms with Crippen LogP contribution < -0.4 is 4.90 Å². The zero-order valence-corrected chi connectivity index (χ0v) is 13.8. The lowest BCUT2D eigenvalue weighted by Gasteiger charge is -2.27. The molecule has 0 fully saturated rings. The van der Waals surface area contributed by atoms with Crippen molar-refractivity contribution in [3.8, 4) is 11.1 Å². The van der Waals surface area contributed by atoms with E-state index in [1.807, 2.05) is 18.0 Å². The highest BCUT2D eigenvalue weighted by Crippen LogP contribution is 2.42. The van der Waals surface area contributed by atoms with Crippen molar-refractivity contribution < 1.29 is 13.2 Å². The number of alkyl halides is 3. The smallest absolute Gasteiger partial charge is 0.359 e. The summed E-state index contributed by atoms with van der Waals surface area (Å²) in [6.07, 6.45) is 1.16. The number of halogens is 3. The third-order valence-corrected chi connectivity index (χ3v) is 4.61. The maximum atomic E-state index is 13.3. The summed E-state index contributed by atoms with van der Waals surface area (Å²) < 4.78 is 39.8. The molecule has 5 nitrogen and oxygen atoms in total. The summed E-state index contributed by atoms with van der Waals surface area (Å²) in [5.41, 5.74) is -0.942. The Morgan fingerprint density at radius 2 is 1.88 bits per heavy atom. The summed E-state index contributed by atoms with van der Waals surface area (Å²) in [5.74, 6) is 0.883. The molecule has 132 valence electrons. The van der Waals surface area contributed by atoms with Gasteiger partial charge in [-0.2, -0.15) is 13.2 Å². The minimum absolute atomic E-state index is 0.290. The Morgan fingerprint density at radius 3 is 2.56 bits per heavy atom. The Balaban J connectivity index is 2.04. The molecule has 25 heavy (non-hydrogen) atoms. The number of nitrogens with zero attached hydrogens (tertiary/aromatic N) is 4. The first-order valence-corrected chi connectivity index (χ1v) is 7.83. The normalized spacial score (nSPS) is 16.9. The van der Waals surface area contributed by atoms with E-state index in [0.29, 0.717) is 11.1 Å². The van der Waals surface area contributed by atoms with E-state index in [4.69, 9.17) is 0 Å². The number of pyridine rings is 2. The largest absolute Gasteiger partial charge is 0.421 e. The van der Waals surface area contributed by atoms with E-state index >= 15 is 0 Å². The van der Waals surface area contributed by atoms with E-state index < -0.39 is 11.7 Å². The van der Waals surface area contributed by atoms with Crippen LogP contribution in [0.15, 0.2) is 35.9 Å². The fourth-order valence-corrected chi connectivity index (χ4v) is 2.93. The molecule has 1 aliphatic rings. The number of hydrogen-bond acceptors (Lipinski definition) is 5. The SMILES string of the molecule is CN1CCCc2cc(-c3cncc(C(C)(N=O)C(F)(F)F)c3)cnc21. The maximum Gasteiger partial charge on any atom is 0.421 e. The molecule has 0 N–H and O–H groups in total. The van der Waals surface area contributed by atoms with Gasteiger partial charge in [0, 0.05) is 48.9 Å². The summed E-state index contributed by atoms with van der Waals surface area (Å²) >= 11 is 0. The number of fused-ring (bicyclic) bond motifs is 1. The first-order valence-electron chi connectivity index (χ1n) is 7.83. The summed E-state index contributed by atoms with van der Waals surface area (Å²) in [5, 5.41) is 2.34. The maximum absolute atomic E-state index is 13.3. The lowest BCUT2D eigenvalue weighted by Crippen LogP contribution is -2.37. The summed E-state index contributed by atoms with van der Waals surface area (Å²) in [7, 11) is 1.96. The molecule has 0 saturated carbocycles. The van der Waals surface area contributed by atoms with Crippen LogP contribution in [0.2, 0.25) is 0 Å². The van der Waals surface area contributed by atoms with Crippen LogP contribution in [0.5, 0.6) is 0 Å². The quantitative estimate of drug-likeness (QED) is 0.783. The molecule has 0 aromatic carbocycles. The molecule has 0 bridgehead atoms. The van der Waals surface area contributed by atoms with E-state index in [2.05, 4.69) is 15.1 Å². The molecule has 3 rings (SSSR count). The molecular weight excluding hydrogens is 333 g/mol. The Kier molecular flexibility index (Phi) is 4.22. The fraction of sp³-hybridized carbons (Fsp3) is 0.412. The van der Waals surface area contributed by atoms with Gasteiger partial charge in [-0.15, -0.1) is 4.91 Å². The van der Waals surface area contributed by atoms with Gasteiger partial charge in [0.25, 0.3) is 0 Å². The van der Waals surface area contributed by atoms with Crippen molar-refractivity contribution in [2.45, 2.75) is 31.5 Å². The van der Waals surface area contributed by atoms with E-state index in [-0.39, 0.29) is 5.56 Å². The Labute approximate surface area is 142 Å². The molecule has 8 heteroatoms. The zero-order chi connectivity index (χ0) is 18.2. The topological polar surface area (TPSA) is 58.5 Å². The highest BCUT2D eigenvalue weighted by molar-refractivity contribution is 5.66. The number of anilines is 1. The molecule has 0 spiro atoms. The Hall–Kier alpha value is -2.51. The minimum atomic E-state index is -4.80. The number of aromatic nitrogens is 2. The van der Waals surface area contributed by atoms with E-state index in [9.17, 15) is 18.1 Å². The van der Waals surface area contributed by atoms with Gasteiger partial charge in [-0.05, 0) is 42.6 Å². The van der Waals surface area contributed by atoms with Crippen LogP contribution in [0.4, 0.5) is 19.0 Å². The van der Waals surface area contributed by atoms with Gasteiger partial charge in [0.05, 0.1) is 0 Å². The van der Waals surface area contributed by atoms with Gasteiger partial charge in [-0.3, -0.25) is 4.98 Å². The second-order valence-electron chi connectivity index (χ2n) is 6.36. The van der Waals surface area contributed by atoms with Crippen molar-refractivity contribution in [1.29, 1.82) is 0 Å². The minimum Gasteiger partial charge on any atom is -0.359 e. The van der Waals surface area contributed by atoms with Crippen molar-refractivity contribution in [2.24, 2.45) is 5.18 Å². The van der Waals surface area contributed by atoms with Gasteiger partial charge in [0.1, 0.15) is 5.82 Å². The zero-order valence-electron chi connectivity index (χ0n) is 13.8. The standard InChI is InChI=1S/C17H17F3N4O/c1-16(23-25,17(18,19)20)14-7-13(8-21-10-14)12-6-11-4-3-5-24(2)15(11)22-9-12/h6-10H,3-5H2,1-2H3. The van der Waals surface area contributed by atoms with Crippen LogP contribution in [-0.2, 0) is 12.0 Å². The predicted octanol–water partition coefficient (Wildman–Crippen LogP) is 4.07. The van der Waals surface area contributed by atoms with Crippen LogP contribution in [-0.4, -0.2) is 29.7 Å². The Bertz CT molecular complexity index is 809. The van der Waals surface area contributed by atoms with Gasteiger partial charge in [0.2, 0.25) is 5.54 Å². The third kappa shape index (κ3) is 2.96. The van der Waals surface area contributed by atoms with Gasteiger partial charge < -0.3 is 4.90 Å². The van der Waals surface area contributed by atoms with Gasteiger partial charge in [-0.1, -0.05) is 0 Å². The molecule has 3 heterocycles. The van der Waals surface area contributed by atoms with Crippen molar-refractivity contribution in [3.05, 3.63) is 46.8 Å². The summed E-state index contributed by atoms with van der Waals surface area (Å²) in [4.78, 5) is 21.3. The number of rotatable bonds is 3. The molecule has 1 aliphatic heterocycles. The average molecular weight is 350 g/mol. The van der Waals surface area contributed by atoms with Crippen molar-refractivity contribution in [2.75, 3.05) is 18.5 Å². The van der Waals surface area contributed by atoms with Crippen LogP contribution in [0, 0.1) is 4.91 Å². The van der Waals surface area contributed by atoms with E-state index in [1.54, 1.807) is 6.20 Å². The monoisotopic (exact) mass is 350 g/mol. The summed E-state index contributed by atoms with van der Waals surface area (Å²) in [6.45, 7) is 1.67. The molecule has 0 radical (unpaired) electrons. The lowest BCUT2D eigenvalue weighted by molar-refractivity contribution is -0.183.